The Hall–Kier alpha value is -4.51. The van der Waals surface area contributed by atoms with Crippen LogP contribution in [0.4, 0.5) is 0 Å². The highest BCUT2D eigenvalue weighted by atomic mass is 31.1. The topological polar surface area (TPSA) is 0 Å². The average Bonchev–Trinajstić information content (AvgIpc) is 3.02. The van der Waals surface area contributed by atoms with Crippen LogP contribution >= 0.6 is 7.92 Å². The summed E-state index contributed by atoms with van der Waals surface area (Å²) < 4.78 is 0. The molecule has 0 N–H and O–H groups in total. The maximum Gasteiger partial charge on any atom is -0.00264 e. The molecule has 0 aromatic heterocycles. The van der Waals surface area contributed by atoms with Crippen molar-refractivity contribution in [2.24, 2.45) is 0 Å². The molecule has 0 nitrogen and oxygen atoms in total. The van der Waals surface area contributed by atoms with Crippen molar-refractivity contribution in [3.8, 4) is 22.3 Å². The summed E-state index contributed by atoms with van der Waals surface area (Å²) in [5.41, 5.74) is 5.11. The van der Waals surface area contributed by atoms with Crippen LogP contribution in [0.3, 0.4) is 0 Å². The van der Waals surface area contributed by atoms with Crippen molar-refractivity contribution < 1.29 is 0 Å². The Kier molecular flexibility index (Phi) is 6.25. The first-order valence-electron chi connectivity index (χ1n) is 13.4. The van der Waals surface area contributed by atoms with Crippen molar-refractivity contribution in [2.75, 3.05) is 0 Å². The molecular formula is C38H27P. The molecule has 0 aliphatic rings. The molecule has 0 saturated heterocycles. The van der Waals surface area contributed by atoms with Crippen molar-refractivity contribution in [3.63, 3.8) is 0 Å². The van der Waals surface area contributed by atoms with Crippen LogP contribution in [-0.4, -0.2) is 0 Å². The Morgan fingerprint density at radius 1 is 0.256 bits per heavy atom. The molecule has 1 heteroatoms. The van der Waals surface area contributed by atoms with Crippen LogP contribution in [0.1, 0.15) is 0 Å². The van der Waals surface area contributed by atoms with Gasteiger partial charge in [-0.05, 0) is 67.6 Å². The van der Waals surface area contributed by atoms with Crippen LogP contribution in [0.2, 0.25) is 0 Å². The highest BCUT2D eigenvalue weighted by Crippen LogP contribution is 2.43. The fourth-order valence-corrected chi connectivity index (χ4v) is 8.02. The van der Waals surface area contributed by atoms with Gasteiger partial charge in [-0.15, -0.1) is 0 Å². The lowest BCUT2D eigenvalue weighted by atomic mass is 9.86. The van der Waals surface area contributed by atoms with E-state index < -0.39 is 7.92 Å². The van der Waals surface area contributed by atoms with Gasteiger partial charge >= 0.3 is 0 Å². The van der Waals surface area contributed by atoms with Gasteiger partial charge in [0.05, 0.1) is 0 Å². The number of rotatable bonds is 5. The predicted octanol–water partition coefficient (Wildman–Crippen LogP) is 9.09. The summed E-state index contributed by atoms with van der Waals surface area (Å²) in [5, 5.41) is 9.26. The number of fused-ring (bicyclic) bond motifs is 2. The van der Waals surface area contributed by atoms with Crippen LogP contribution in [0.5, 0.6) is 0 Å². The normalized spacial score (nSPS) is 11.3. The Balaban J connectivity index is 1.43. The molecule has 0 atom stereocenters. The average molecular weight is 515 g/mol. The summed E-state index contributed by atoms with van der Waals surface area (Å²) in [7, 11) is -0.632. The lowest BCUT2D eigenvalue weighted by molar-refractivity contribution is 1.66. The maximum absolute atomic E-state index is 2.34. The molecule has 7 aromatic rings. The molecule has 39 heavy (non-hydrogen) atoms. The predicted molar refractivity (Wildman–Crippen MR) is 171 cm³/mol. The second-order valence-corrected chi connectivity index (χ2v) is 12.0. The highest BCUT2D eigenvalue weighted by molar-refractivity contribution is 7.79. The van der Waals surface area contributed by atoms with Crippen LogP contribution < -0.4 is 15.9 Å². The smallest absolute Gasteiger partial charge is 0.00264 e. The van der Waals surface area contributed by atoms with Gasteiger partial charge in [-0.3, -0.25) is 0 Å². The van der Waals surface area contributed by atoms with Gasteiger partial charge in [0.1, 0.15) is 0 Å². The molecule has 0 spiro atoms. The molecule has 0 aliphatic heterocycles. The quantitative estimate of drug-likeness (QED) is 0.159. The molecule has 0 radical (unpaired) electrons. The highest BCUT2D eigenvalue weighted by Gasteiger charge is 2.19. The standard InChI is InChI=1S/C38H27P/c1-4-14-28(15-5-1)37-33-20-10-12-22-35(33)38(36-23-13-11-21-34(36)37)29-24-26-32(27-25-29)39(30-16-6-2-7-17-30)31-18-8-3-9-19-31/h1-27H. The largest absolute Gasteiger partial charge is 0.0622 e. The van der Waals surface area contributed by atoms with Gasteiger partial charge in [0, 0.05) is 0 Å². The Labute approximate surface area is 231 Å². The third-order valence-corrected chi connectivity index (χ3v) is 9.88. The number of benzene rings is 7. The van der Waals surface area contributed by atoms with E-state index in [1.807, 2.05) is 0 Å². The van der Waals surface area contributed by atoms with Crippen molar-refractivity contribution in [1.82, 2.24) is 0 Å². The van der Waals surface area contributed by atoms with Gasteiger partial charge in [0.25, 0.3) is 0 Å². The van der Waals surface area contributed by atoms with Gasteiger partial charge in [-0.2, -0.15) is 0 Å². The van der Waals surface area contributed by atoms with E-state index in [2.05, 4.69) is 164 Å². The second-order valence-electron chi connectivity index (χ2n) is 9.76. The fraction of sp³-hybridized carbons (Fsp3) is 0. The molecule has 0 bridgehead atoms. The van der Waals surface area contributed by atoms with Crippen LogP contribution in [0.15, 0.2) is 164 Å². The lowest BCUT2D eigenvalue weighted by Crippen LogP contribution is -2.20. The van der Waals surface area contributed by atoms with E-state index in [-0.39, 0.29) is 0 Å². The molecule has 7 aromatic carbocycles. The third-order valence-electron chi connectivity index (χ3n) is 7.44. The van der Waals surface area contributed by atoms with E-state index in [1.54, 1.807) is 0 Å². The van der Waals surface area contributed by atoms with Gasteiger partial charge in [-0.25, -0.2) is 0 Å². The monoisotopic (exact) mass is 514 g/mol. The second kappa shape index (κ2) is 10.3. The molecule has 0 fully saturated rings. The Morgan fingerprint density at radius 2 is 0.564 bits per heavy atom. The van der Waals surface area contributed by atoms with Crippen molar-refractivity contribution >= 4 is 45.4 Å². The van der Waals surface area contributed by atoms with Crippen molar-refractivity contribution in [2.45, 2.75) is 0 Å². The van der Waals surface area contributed by atoms with Gasteiger partial charge in [0.2, 0.25) is 0 Å². The molecule has 0 heterocycles. The van der Waals surface area contributed by atoms with E-state index in [4.69, 9.17) is 0 Å². The molecule has 0 unspecified atom stereocenters. The van der Waals surface area contributed by atoms with Crippen LogP contribution in [-0.2, 0) is 0 Å². The van der Waals surface area contributed by atoms with E-state index in [9.17, 15) is 0 Å². The summed E-state index contributed by atoms with van der Waals surface area (Å²) in [6.07, 6.45) is 0. The number of hydrogen-bond acceptors (Lipinski definition) is 0. The summed E-state index contributed by atoms with van der Waals surface area (Å²) in [6.45, 7) is 0. The minimum absolute atomic E-state index is 0.632. The zero-order chi connectivity index (χ0) is 26.0. The van der Waals surface area contributed by atoms with Crippen LogP contribution in [0.25, 0.3) is 43.8 Å². The molecular weight excluding hydrogens is 487 g/mol. The Morgan fingerprint density at radius 3 is 0.974 bits per heavy atom. The van der Waals surface area contributed by atoms with E-state index >= 15 is 0 Å². The molecule has 0 amide bonds. The minimum Gasteiger partial charge on any atom is -0.0622 e. The van der Waals surface area contributed by atoms with Gasteiger partial charge in [0.15, 0.2) is 0 Å². The van der Waals surface area contributed by atoms with E-state index in [0.717, 1.165) is 0 Å². The fourth-order valence-electron chi connectivity index (χ4n) is 5.73. The number of hydrogen-bond donors (Lipinski definition) is 0. The summed E-state index contributed by atoms with van der Waals surface area (Å²) in [5.74, 6) is 0. The molecule has 184 valence electrons. The minimum atomic E-state index is -0.632. The van der Waals surface area contributed by atoms with Crippen molar-refractivity contribution in [3.05, 3.63) is 164 Å². The van der Waals surface area contributed by atoms with Crippen LogP contribution in [0, 0.1) is 0 Å². The first kappa shape index (κ1) is 23.6. The zero-order valence-corrected chi connectivity index (χ0v) is 22.4. The Bertz CT molecular complexity index is 1780. The van der Waals surface area contributed by atoms with Gasteiger partial charge in [-0.1, -0.05) is 164 Å². The van der Waals surface area contributed by atoms with E-state index in [0.29, 0.717) is 0 Å². The lowest BCUT2D eigenvalue weighted by Gasteiger charge is -2.21. The third kappa shape index (κ3) is 4.34. The summed E-state index contributed by atoms with van der Waals surface area (Å²) >= 11 is 0. The van der Waals surface area contributed by atoms with E-state index in [1.165, 1.54) is 59.7 Å². The molecule has 0 aliphatic carbocycles. The zero-order valence-electron chi connectivity index (χ0n) is 21.5. The van der Waals surface area contributed by atoms with Gasteiger partial charge < -0.3 is 0 Å². The first-order valence-corrected chi connectivity index (χ1v) is 14.7. The summed E-state index contributed by atoms with van der Waals surface area (Å²) in [6, 6.07) is 59.7. The SMILES string of the molecule is c1ccc(-c2c3ccccc3c(-c3ccc(P(c4ccccc4)c4ccccc4)cc3)c3ccccc23)cc1. The molecule has 7 rings (SSSR count). The van der Waals surface area contributed by atoms with Crippen molar-refractivity contribution in [1.29, 1.82) is 0 Å². The summed E-state index contributed by atoms with van der Waals surface area (Å²) in [4.78, 5) is 0. The first-order chi connectivity index (χ1) is 19.4. The molecule has 0 saturated carbocycles. The maximum atomic E-state index is 2.34.